The maximum Gasteiger partial charge on any atom is 0.403 e. The van der Waals surface area contributed by atoms with Gasteiger partial charge < -0.3 is 9.38 Å². The Labute approximate surface area is 167 Å². The van der Waals surface area contributed by atoms with Crippen LogP contribution in [0.25, 0.3) is 0 Å². The van der Waals surface area contributed by atoms with Gasteiger partial charge in [0.2, 0.25) is 6.33 Å². The summed E-state index contributed by atoms with van der Waals surface area (Å²) in [6.07, 6.45) is 1.73. The van der Waals surface area contributed by atoms with Crippen molar-refractivity contribution in [2.75, 3.05) is 63.8 Å². The molecule has 3 fully saturated rings. The molecule has 0 amide bonds. The van der Waals surface area contributed by atoms with E-state index in [1.807, 2.05) is 30.8 Å². The summed E-state index contributed by atoms with van der Waals surface area (Å²) in [5, 5.41) is 12.8. The third-order valence-electron chi connectivity index (χ3n) is 6.37. The Kier molecular flexibility index (Phi) is 5.41. The van der Waals surface area contributed by atoms with Crippen LogP contribution in [-0.2, 0) is 14.1 Å². The molecule has 0 radical (unpaired) electrons. The van der Waals surface area contributed by atoms with Gasteiger partial charge >= 0.3 is 5.95 Å². The topological polar surface area (TPSA) is 52.9 Å². The Morgan fingerprint density at radius 2 is 1.79 bits per heavy atom. The van der Waals surface area contributed by atoms with Crippen molar-refractivity contribution < 1.29 is 9.05 Å². The number of aromatic nitrogens is 3. The predicted octanol–water partition coefficient (Wildman–Crippen LogP) is 1.63. The smallest absolute Gasteiger partial charge is 0.366 e. The number of hydrogen-bond donors (Lipinski definition) is 0. The van der Waals surface area contributed by atoms with Gasteiger partial charge in [0.05, 0.1) is 52.5 Å². The van der Waals surface area contributed by atoms with Gasteiger partial charge in [-0.3, -0.25) is 4.90 Å². The molecule has 8 nitrogen and oxygen atoms in total. The summed E-state index contributed by atoms with van der Waals surface area (Å²) in [4.78, 5) is 5.09. The maximum absolute atomic E-state index is 4.36. The van der Waals surface area contributed by atoms with Crippen molar-refractivity contribution in [2.24, 2.45) is 24.3 Å². The zero-order valence-corrected chi connectivity index (χ0v) is 17.3. The second-order valence-electron chi connectivity index (χ2n) is 8.04. The first-order chi connectivity index (χ1) is 13.6. The van der Waals surface area contributed by atoms with Crippen molar-refractivity contribution in [1.29, 1.82) is 0 Å². The maximum atomic E-state index is 4.36. The number of nitrogens with zero attached hydrogens (tertiary/aromatic N) is 8. The van der Waals surface area contributed by atoms with Crippen LogP contribution in [-0.4, -0.2) is 78.1 Å². The first-order valence-electron chi connectivity index (χ1n) is 10.3. The van der Waals surface area contributed by atoms with E-state index >= 15 is 0 Å². The molecule has 0 spiro atoms. The summed E-state index contributed by atoms with van der Waals surface area (Å²) in [5.74, 6) is 0.717. The molecule has 1 aromatic carbocycles. The molecule has 2 aromatic rings. The minimum atomic E-state index is 0.717. The summed E-state index contributed by atoms with van der Waals surface area (Å²) in [6.45, 7) is 13.4. The molecule has 28 heavy (non-hydrogen) atoms. The normalized spacial score (nSPS) is 24.2. The highest BCUT2D eigenvalue weighted by Gasteiger charge is 2.38. The van der Waals surface area contributed by atoms with Gasteiger partial charge in [-0.15, -0.1) is 4.68 Å². The minimum absolute atomic E-state index is 0.717. The summed E-state index contributed by atoms with van der Waals surface area (Å²) in [7, 11) is 3.78. The Bertz CT molecular complexity index is 784. The number of quaternary nitrogens is 1. The Balaban J connectivity index is 1.39. The van der Waals surface area contributed by atoms with Gasteiger partial charge in [-0.1, -0.05) is 5.11 Å². The number of fused-ring (bicyclic) bond motifs is 3. The van der Waals surface area contributed by atoms with Gasteiger partial charge in [0.25, 0.3) is 0 Å². The fraction of sp³-hybridized carbons (Fsp3) is 0.600. The molecule has 2 bridgehead atoms. The van der Waals surface area contributed by atoms with E-state index in [-0.39, 0.29) is 0 Å². The van der Waals surface area contributed by atoms with Crippen LogP contribution in [0, 0.1) is 0 Å². The molecule has 0 atom stereocenters. The molecule has 150 valence electrons. The average Bonchev–Trinajstić information content (AvgIpc) is 3.06. The molecule has 3 saturated heterocycles. The van der Waals surface area contributed by atoms with Crippen molar-refractivity contribution in [3.8, 4) is 0 Å². The molecule has 8 heteroatoms. The van der Waals surface area contributed by atoms with Crippen LogP contribution in [0.4, 0.5) is 17.3 Å². The first-order valence-corrected chi connectivity index (χ1v) is 10.3. The third-order valence-corrected chi connectivity index (χ3v) is 6.37. The third kappa shape index (κ3) is 3.93. The molecule has 0 N–H and O–H groups in total. The standard InChI is InChI=1S/C20H32N8/c1-4-27(12-16-28-13-9-26(10-14-28)11-15-28)19-7-5-18(6-8-19)22-23-20-24(2)17-21-25(20)3/h5-8,17H,4,9-16H2,1-3H3/q+2. The number of likely N-dealkylation sites (N-methyl/N-ethyl adjacent to an activating group) is 1. The highest BCUT2D eigenvalue weighted by atomic mass is 15.5. The zero-order valence-electron chi connectivity index (χ0n) is 17.3. The lowest BCUT2D eigenvalue weighted by molar-refractivity contribution is -0.939. The van der Waals surface area contributed by atoms with Gasteiger partial charge in [-0.05, 0) is 36.3 Å². The van der Waals surface area contributed by atoms with Crippen LogP contribution in [0.3, 0.4) is 0 Å². The number of benzene rings is 1. The summed E-state index contributed by atoms with van der Waals surface area (Å²) in [5.41, 5.74) is 2.12. The van der Waals surface area contributed by atoms with Crippen molar-refractivity contribution >= 4 is 17.3 Å². The summed E-state index contributed by atoms with van der Waals surface area (Å²) in [6, 6.07) is 8.42. The van der Waals surface area contributed by atoms with E-state index in [0.29, 0.717) is 0 Å². The molecular weight excluding hydrogens is 352 g/mol. The van der Waals surface area contributed by atoms with E-state index < -0.39 is 0 Å². The van der Waals surface area contributed by atoms with Crippen LogP contribution in [0.2, 0.25) is 0 Å². The van der Waals surface area contributed by atoms with Crippen molar-refractivity contribution in [1.82, 2.24) is 14.7 Å². The van der Waals surface area contributed by atoms with E-state index in [1.165, 1.54) is 56.0 Å². The molecule has 4 heterocycles. The molecule has 0 aliphatic carbocycles. The Hall–Kier alpha value is -2.32. The van der Waals surface area contributed by atoms with E-state index in [4.69, 9.17) is 0 Å². The molecular formula is C20H32N8+2. The summed E-state index contributed by atoms with van der Waals surface area (Å²) < 4.78 is 4.87. The number of anilines is 1. The van der Waals surface area contributed by atoms with Gasteiger partial charge in [0.15, 0.2) is 0 Å². The highest BCUT2D eigenvalue weighted by Crippen LogP contribution is 2.23. The van der Waals surface area contributed by atoms with Crippen LogP contribution < -0.4 is 9.47 Å². The summed E-state index contributed by atoms with van der Waals surface area (Å²) >= 11 is 0. The van der Waals surface area contributed by atoms with E-state index in [1.54, 1.807) is 11.0 Å². The molecule has 0 unspecified atom stereocenters. The second kappa shape index (κ2) is 7.97. The SMILES string of the molecule is CCN(CC[N+]12CCN(CC1)CC2)c1ccc(N=Nc2n(C)nc[n+]2C)cc1. The fourth-order valence-corrected chi connectivity index (χ4v) is 4.32. The highest BCUT2D eigenvalue weighted by molar-refractivity contribution is 5.52. The lowest BCUT2D eigenvalue weighted by Crippen LogP contribution is -2.68. The predicted molar refractivity (Wildman–Crippen MR) is 109 cm³/mol. The van der Waals surface area contributed by atoms with Gasteiger partial charge in [-0.2, -0.15) is 0 Å². The van der Waals surface area contributed by atoms with Gasteiger partial charge in [0.1, 0.15) is 0 Å². The Morgan fingerprint density at radius 1 is 1.11 bits per heavy atom. The number of rotatable bonds is 7. The second-order valence-corrected chi connectivity index (χ2v) is 8.04. The van der Waals surface area contributed by atoms with Gasteiger partial charge in [-0.25, -0.2) is 4.57 Å². The molecule has 1 aromatic heterocycles. The molecule has 3 aliphatic heterocycles. The van der Waals surface area contributed by atoms with E-state index in [0.717, 1.165) is 24.7 Å². The number of hydrogen-bond acceptors (Lipinski definition) is 5. The number of azo groups is 1. The van der Waals surface area contributed by atoms with Crippen LogP contribution in [0.15, 0.2) is 40.8 Å². The van der Waals surface area contributed by atoms with Crippen molar-refractivity contribution in [3.05, 3.63) is 30.6 Å². The van der Waals surface area contributed by atoms with Crippen molar-refractivity contribution in [2.45, 2.75) is 6.92 Å². The lowest BCUT2D eigenvalue weighted by Gasteiger charge is -2.51. The molecule has 0 saturated carbocycles. The molecule has 5 rings (SSSR count). The monoisotopic (exact) mass is 384 g/mol. The number of piperazine rings is 3. The van der Waals surface area contributed by atoms with E-state index in [2.05, 4.69) is 44.2 Å². The quantitative estimate of drug-likeness (QED) is 0.414. The van der Waals surface area contributed by atoms with Gasteiger partial charge in [0, 0.05) is 37.0 Å². The largest absolute Gasteiger partial charge is 0.403 e. The lowest BCUT2D eigenvalue weighted by atomic mass is 10.1. The average molecular weight is 385 g/mol. The minimum Gasteiger partial charge on any atom is -0.366 e. The van der Waals surface area contributed by atoms with Crippen LogP contribution in [0.5, 0.6) is 0 Å². The van der Waals surface area contributed by atoms with Crippen LogP contribution >= 0.6 is 0 Å². The first kappa shape index (κ1) is 19.0. The zero-order chi connectivity index (χ0) is 19.6. The van der Waals surface area contributed by atoms with E-state index in [9.17, 15) is 0 Å². The van der Waals surface area contributed by atoms with Crippen molar-refractivity contribution in [3.63, 3.8) is 0 Å². The fourth-order valence-electron chi connectivity index (χ4n) is 4.32. The number of aryl methyl sites for hydroxylation is 2. The molecule has 3 aliphatic rings. The Morgan fingerprint density at radius 3 is 2.36 bits per heavy atom. The van der Waals surface area contributed by atoms with Crippen LogP contribution in [0.1, 0.15) is 6.92 Å².